The summed E-state index contributed by atoms with van der Waals surface area (Å²) in [5.41, 5.74) is -0.437. The van der Waals surface area contributed by atoms with Gasteiger partial charge in [0.05, 0.1) is 11.5 Å². The second-order valence-corrected chi connectivity index (χ2v) is 5.44. The van der Waals surface area contributed by atoms with Gasteiger partial charge in [0.2, 0.25) is 6.29 Å². The van der Waals surface area contributed by atoms with E-state index < -0.39 is 11.7 Å². The zero-order valence-corrected chi connectivity index (χ0v) is 11.7. The highest BCUT2D eigenvalue weighted by Crippen LogP contribution is 2.24. The molecule has 3 nitrogen and oxygen atoms in total. The first kappa shape index (κ1) is 15.4. The lowest BCUT2D eigenvalue weighted by molar-refractivity contribution is -0.206. The summed E-state index contributed by atoms with van der Waals surface area (Å²) in [6.45, 7) is 13.6. The summed E-state index contributed by atoms with van der Waals surface area (Å²) in [7, 11) is 0. The molecule has 1 unspecified atom stereocenters. The molecule has 0 aliphatic heterocycles. The Labute approximate surface area is 99.5 Å². The van der Waals surface area contributed by atoms with Crippen LogP contribution in [0.25, 0.3) is 0 Å². The zero-order chi connectivity index (χ0) is 12.9. The molecule has 0 spiro atoms. The third kappa shape index (κ3) is 4.97. The molecule has 16 heavy (non-hydrogen) atoms. The molecule has 0 bridgehead atoms. The molecule has 3 heteroatoms. The third-order valence-electron chi connectivity index (χ3n) is 2.61. The van der Waals surface area contributed by atoms with Crippen LogP contribution in [-0.2, 0) is 14.3 Å². The molecule has 0 aliphatic rings. The summed E-state index contributed by atoms with van der Waals surface area (Å²) in [6, 6.07) is 0. The predicted molar refractivity (Wildman–Crippen MR) is 65.0 cm³/mol. The molecule has 0 aliphatic carbocycles. The minimum absolute atomic E-state index is 0.0601. The predicted octanol–water partition coefficient (Wildman–Crippen LogP) is 3.37. The summed E-state index contributed by atoms with van der Waals surface area (Å²) in [4.78, 5) is 11.9. The number of ether oxygens (including phenoxy) is 2. The number of carbonyl (C=O) groups is 1. The van der Waals surface area contributed by atoms with Gasteiger partial charge in [-0.3, -0.25) is 4.79 Å². The van der Waals surface area contributed by atoms with Crippen molar-refractivity contribution in [3.63, 3.8) is 0 Å². The average Bonchev–Trinajstić information content (AvgIpc) is 2.15. The molecule has 0 aromatic carbocycles. The molecule has 1 atom stereocenters. The van der Waals surface area contributed by atoms with Gasteiger partial charge in [-0.2, -0.15) is 0 Å². The molecule has 0 heterocycles. The van der Waals surface area contributed by atoms with Gasteiger partial charge in [0, 0.05) is 5.92 Å². The van der Waals surface area contributed by atoms with E-state index in [0.29, 0.717) is 0 Å². The van der Waals surface area contributed by atoms with E-state index in [1.807, 2.05) is 48.5 Å². The fourth-order valence-corrected chi connectivity index (χ4v) is 0.999. The molecule has 0 rings (SSSR count). The van der Waals surface area contributed by atoms with Crippen LogP contribution in [0.4, 0.5) is 0 Å². The van der Waals surface area contributed by atoms with E-state index in [1.165, 1.54) is 0 Å². The Balaban J connectivity index is 4.46. The highest BCUT2D eigenvalue weighted by molar-refractivity contribution is 5.75. The standard InChI is InChI=1S/C13H26O3/c1-8-13(6,7)12(14)16-11(9(2)3)15-10(4)5/h9-11H,8H2,1-7H3. The van der Waals surface area contributed by atoms with Crippen molar-refractivity contribution in [3.05, 3.63) is 0 Å². The minimum Gasteiger partial charge on any atom is -0.435 e. The van der Waals surface area contributed by atoms with Crippen LogP contribution in [0, 0.1) is 11.3 Å². The van der Waals surface area contributed by atoms with Gasteiger partial charge in [-0.25, -0.2) is 0 Å². The van der Waals surface area contributed by atoms with E-state index in [2.05, 4.69) is 0 Å². The van der Waals surface area contributed by atoms with Crippen LogP contribution in [0.2, 0.25) is 0 Å². The van der Waals surface area contributed by atoms with E-state index in [-0.39, 0.29) is 18.0 Å². The second kappa shape index (κ2) is 6.24. The van der Waals surface area contributed by atoms with Crippen molar-refractivity contribution in [1.29, 1.82) is 0 Å². The lowest BCUT2D eigenvalue weighted by atomic mass is 9.90. The van der Waals surface area contributed by atoms with Crippen molar-refractivity contribution < 1.29 is 14.3 Å². The molecule has 0 fully saturated rings. The van der Waals surface area contributed by atoms with Gasteiger partial charge in [-0.15, -0.1) is 0 Å². The van der Waals surface area contributed by atoms with Crippen LogP contribution >= 0.6 is 0 Å². The van der Waals surface area contributed by atoms with E-state index in [4.69, 9.17) is 9.47 Å². The maximum absolute atomic E-state index is 11.9. The van der Waals surface area contributed by atoms with Crippen molar-refractivity contribution in [3.8, 4) is 0 Å². The van der Waals surface area contributed by atoms with Crippen molar-refractivity contribution in [2.24, 2.45) is 11.3 Å². The highest BCUT2D eigenvalue weighted by atomic mass is 16.7. The molecular formula is C13H26O3. The van der Waals surface area contributed by atoms with Crippen LogP contribution in [-0.4, -0.2) is 18.4 Å². The normalized spacial score (nSPS) is 14.3. The van der Waals surface area contributed by atoms with Crippen molar-refractivity contribution >= 4 is 5.97 Å². The summed E-state index contributed by atoms with van der Waals surface area (Å²) in [5, 5.41) is 0. The summed E-state index contributed by atoms with van der Waals surface area (Å²) >= 11 is 0. The average molecular weight is 230 g/mol. The summed E-state index contributed by atoms with van der Waals surface area (Å²) in [5.74, 6) is -0.0200. The third-order valence-corrected chi connectivity index (χ3v) is 2.61. The van der Waals surface area contributed by atoms with Crippen LogP contribution in [0.3, 0.4) is 0 Å². The van der Waals surface area contributed by atoms with Gasteiger partial charge in [0.25, 0.3) is 0 Å². The molecular weight excluding hydrogens is 204 g/mol. The van der Waals surface area contributed by atoms with E-state index in [1.54, 1.807) is 0 Å². The quantitative estimate of drug-likeness (QED) is 0.518. The number of hydrogen-bond acceptors (Lipinski definition) is 3. The molecule has 96 valence electrons. The molecule has 0 aromatic rings. The van der Waals surface area contributed by atoms with Gasteiger partial charge >= 0.3 is 5.97 Å². The van der Waals surface area contributed by atoms with Crippen molar-refractivity contribution in [1.82, 2.24) is 0 Å². The first-order chi connectivity index (χ1) is 7.20. The lowest BCUT2D eigenvalue weighted by Gasteiger charge is -2.28. The fourth-order valence-electron chi connectivity index (χ4n) is 0.999. The van der Waals surface area contributed by atoms with Gasteiger partial charge in [0.15, 0.2) is 0 Å². The van der Waals surface area contributed by atoms with E-state index in [9.17, 15) is 4.79 Å². The zero-order valence-electron chi connectivity index (χ0n) is 11.7. The first-order valence-corrected chi connectivity index (χ1v) is 6.07. The van der Waals surface area contributed by atoms with E-state index >= 15 is 0 Å². The maximum Gasteiger partial charge on any atom is 0.313 e. The molecule has 0 saturated heterocycles. The Kier molecular flexibility index (Phi) is 6.01. The first-order valence-electron chi connectivity index (χ1n) is 6.07. The Hall–Kier alpha value is -0.570. The number of esters is 1. The van der Waals surface area contributed by atoms with Gasteiger partial charge in [0.1, 0.15) is 0 Å². The van der Waals surface area contributed by atoms with Gasteiger partial charge in [-0.05, 0) is 34.1 Å². The van der Waals surface area contributed by atoms with Gasteiger partial charge in [-0.1, -0.05) is 20.8 Å². The van der Waals surface area contributed by atoms with Crippen LogP contribution < -0.4 is 0 Å². The molecule has 0 amide bonds. The van der Waals surface area contributed by atoms with Crippen molar-refractivity contribution in [2.75, 3.05) is 0 Å². The lowest BCUT2D eigenvalue weighted by Crippen LogP contribution is -2.35. The number of hydrogen-bond donors (Lipinski definition) is 0. The van der Waals surface area contributed by atoms with Crippen LogP contribution in [0.1, 0.15) is 54.9 Å². The van der Waals surface area contributed by atoms with Crippen LogP contribution in [0.15, 0.2) is 0 Å². The van der Waals surface area contributed by atoms with Crippen LogP contribution in [0.5, 0.6) is 0 Å². The SMILES string of the molecule is CCC(C)(C)C(=O)OC(OC(C)C)C(C)C. The Morgan fingerprint density at radius 1 is 1.19 bits per heavy atom. The Morgan fingerprint density at radius 2 is 1.69 bits per heavy atom. The Bertz CT molecular complexity index is 219. The largest absolute Gasteiger partial charge is 0.435 e. The molecule has 0 saturated carbocycles. The van der Waals surface area contributed by atoms with Gasteiger partial charge < -0.3 is 9.47 Å². The maximum atomic E-state index is 11.9. The topological polar surface area (TPSA) is 35.5 Å². The Morgan fingerprint density at radius 3 is 2.00 bits per heavy atom. The highest BCUT2D eigenvalue weighted by Gasteiger charge is 2.31. The number of carbonyl (C=O) groups excluding carboxylic acids is 1. The summed E-state index contributed by atoms with van der Waals surface area (Å²) in [6.07, 6.45) is 0.376. The molecule has 0 aromatic heterocycles. The molecule has 0 radical (unpaired) electrons. The second-order valence-electron chi connectivity index (χ2n) is 5.44. The monoisotopic (exact) mass is 230 g/mol. The molecule has 0 N–H and O–H groups in total. The fraction of sp³-hybridized carbons (Fsp3) is 0.923. The number of rotatable bonds is 6. The van der Waals surface area contributed by atoms with E-state index in [0.717, 1.165) is 6.42 Å². The van der Waals surface area contributed by atoms with Crippen molar-refractivity contribution in [2.45, 2.75) is 67.3 Å². The minimum atomic E-state index is -0.446. The smallest absolute Gasteiger partial charge is 0.313 e. The summed E-state index contributed by atoms with van der Waals surface area (Å²) < 4.78 is 11.0.